The van der Waals surface area contributed by atoms with E-state index in [1.54, 1.807) is 0 Å². The Kier molecular flexibility index (Phi) is 7.12. The number of nitrogens with one attached hydrogen (secondary N) is 1. The second-order valence-electron chi connectivity index (χ2n) is 5.40. The predicted octanol–water partition coefficient (Wildman–Crippen LogP) is 3.28. The van der Waals surface area contributed by atoms with Gasteiger partial charge in [-0.3, -0.25) is 14.9 Å². The summed E-state index contributed by atoms with van der Waals surface area (Å²) in [6.07, 6.45) is 0. The van der Waals surface area contributed by atoms with Crippen LogP contribution in [-0.2, 0) is 9.53 Å². The van der Waals surface area contributed by atoms with Crippen LogP contribution in [0.2, 0.25) is 0 Å². The highest BCUT2D eigenvalue weighted by Gasteiger charge is 2.27. The summed E-state index contributed by atoms with van der Waals surface area (Å²) >= 11 is 0. The molecular formula is C17H12F4N2O7. The van der Waals surface area contributed by atoms with E-state index >= 15 is 0 Å². The molecule has 2 rings (SSSR count). The molecule has 2 aromatic rings. The molecule has 0 saturated heterocycles. The summed E-state index contributed by atoms with van der Waals surface area (Å²) in [6, 6.07) is 3.59. The molecule has 0 fully saturated rings. The van der Waals surface area contributed by atoms with Crippen molar-refractivity contribution in [3.05, 3.63) is 57.6 Å². The van der Waals surface area contributed by atoms with Crippen LogP contribution in [0.25, 0.3) is 0 Å². The summed E-state index contributed by atoms with van der Waals surface area (Å²) in [6.45, 7) is -4.29. The molecule has 0 radical (unpaired) electrons. The van der Waals surface area contributed by atoms with Crippen molar-refractivity contribution in [1.82, 2.24) is 0 Å². The number of benzene rings is 2. The second kappa shape index (κ2) is 9.54. The molecule has 1 amide bonds. The van der Waals surface area contributed by atoms with Gasteiger partial charge in [0.2, 0.25) is 0 Å². The molecule has 0 unspecified atom stereocenters. The topological polar surface area (TPSA) is 117 Å². The predicted molar refractivity (Wildman–Crippen MR) is 91.6 cm³/mol. The molecule has 13 heteroatoms. The number of amides is 1. The molecule has 30 heavy (non-hydrogen) atoms. The first-order valence-corrected chi connectivity index (χ1v) is 7.85. The van der Waals surface area contributed by atoms with Gasteiger partial charge >= 0.3 is 12.6 Å². The van der Waals surface area contributed by atoms with Crippen LogP contribution in [0.5, 0.6) is 11.5 Å². The second-order valence-corrected chi connectivity index (χ2v) is 5.40. The smallest absolute Gasteiger partial charge is 0.387 e. The zero-order valence-corrected chi connectivity index (χ0v) is 15.0. The zero-order chi connectivity index (χ0) is 22.4. The molecule has 1 N–H and O–H groups in total. The van der Waals surface area contributed by atoms with E-state index in [1.807, 2.05) is 5.32 Å². The van der Waals surface area contributed by atoms with Crippen LogP contribution in [0.4, 0.5) is 28.9 Å². The summed E-state index contributed by atoms with van der Waals surface area (Å²) < 4.78 is 64.7. The average Bonchev–Trinajstić information content (AvgIpc) is 2.67. The first-order chi connectivity index (χ1) is 14.1. The number of alkyl halides is 2. The summed E-state index contributed by atoms with van der Waals surface area (Å²) in [5.74, 6) is -5.47. The summed E-state index contributed by atoms with van der Waals surface area (Å²) in [7, 11) is 1.04. The largest absolute Gasteiger partial charge is 0.493 e. The van der Waals surface area contributed by atoms with Crippen molar-refractivity contribution in [2.45, 2.75) is 6.61 Å². The Balaban J connectivity index is 2.17. The highest BCUT2D eigenvalue weighted by molar-refractivity contribution is 5.98. The number of hydrogen-bond acceptors (Lipinski definition) is 7. The normalized spacial score (nSPS) is 10.5. The molecule has 0 aliphatic carbocycles. The van der Waals surface area contributed by atoms with Gasteiger partial charge in [-0.1, -0.05) is 0 Å². The number of halogens is 4. The number of rotatable bonds is 8. The summed E-state index contributed by atoms with van der Waals surface area (Å²) in [4.78, 5) is 34.1. The van der Waals surface area contributed by atoms with Gasteiger partial charge in [-0.15, -0.1) is 0 Å². The highest BCUT2D eigenvalue weighted by atomic mass is 19.3. The molecular weight excluding hydrogens is 420 g/mol. The molecule has 0 heterocycles. The maximum Gasteiger partial charge on any atom is 0.387 e. The molecule has 0 aliphatic rings. The quantitative estimate of drug-likeness (QED) is 0.294. The van der Waals surface area contributed by atoms with E-state index in [1.165, 1.54) is 0 Å². The number of methoxy groups -OCH3 is 1. The summed E-state index contributed by atoms with van der Waals surface area (Å²) in [5, 5.41) is 13.2. The van der Waals surface area contributed by atoms with Crippen LogP contribution < -0.4 is 14.8 Å². The van der Waals surface area contributed by atoms with Gasteiger partial charge < -0.3 is 19.5 Å². The molecule has 0 spiro atoms. The van der Waals surface area contributed by atoms with Gasteiger partial charge in [0, 0.05) is 12.1 Å². The van der Waals surface area contributed by atoms with Gasteiger partial charge in [0.05, 0.1) is 23.8 Å². The Hall–Kier alpha value is -3.90. The van der Waals surface area contributed by atoms with Crippen molar-refractivity contribution in [3.63, 3.8) is 0 Å². The van der Waals surface area contributed by atoms with Crippen LogP contribution in [-0.4, -0.2) is 37.1 Å². The minimum Gasteiger partial charge on any atom is -0.493 e. The molecule has 0 saturated carbocycles. The van der Waals surface area contributed by atoms with Crippen molar-refractivity contribution < 1.29 is 46.3 Å². The van der Waals surface area contributed by atoms with Gasteiger partial charge in [-0.2, -0.15) is 8.78 Å². The standard InChI is InChI=1S/C17H12F4N2O7/c1-28-13-5-9(12(23(26)27)6-14(13)30-17(20)21)16(25)29-7-15(24)22-11-3-2-8(18)4-10(11)19/h2-6,17H,7H2,1H3,(H,22,24). The number of nitrogens with zero attached hydrogens (tertiary/aromatic N) is 1. The molecule has 0 bridgehead atoms. The maximum absolute atomic E-state index is 13.5. The molecule has 0 atom stereocenters. The highest BCUT2D eigenvalue weighted by Crippen LogP contribution is 2.36. The van der Waals surface area contributed by atoms with E-state index < -0.39 is 70.1 Å². The van der Waals surface area contributed by atoms with Crippen molar-refractivity contribution in [2.75, 3.05) is 19.0 Å². The Bertz CT molecular complexity index is 985. The maximum atomic E-state index is 13.5. The van der Waals surface area contributed by atoms with Crippen molar-refractivity contribution in [3.8, 4) is 11.5 Å². The minimum absolute atomic E-state index is 0.390. The SMILES string of the molecule is COc1cc(C(=O)OCC(=O)Nc2ccc(F)cc2F)c([N+](=O)[O-])cc1OC(F)F. The van der Waals surface area contributed by atoms with E-state index in [-0.39, 0.29) is 0 Å². The van der Waals surface area contributed by atoms with Crippen LogP contribution >= 0.6 is 0 Å². The van der Waals surface area contributed by atoms with E-state index in [4.69, 9.17) is 4.74 Å². The fourth-order valence-corrected chi connectivity index (χ4v) is 2.20. The van der Waals surface area contributed by atoms with E-state index in [0.29, 0.717) is 12.1 Å². The number of nitro groups is 1. The lowest BCUT2D eigenvalue weighted by molar-refractivity contribution is -0.385. The fraction of sp³-hybridized carbons (Fsp3) is 0.176. The first-order valence-electron chi connectivity index (χ1n) is 7.85. The minimum atomic E-state index is -3.31. The van der Waals surface area contributed by atoms with Gasteiger partial charge in [0.15, 0.2) is 18.1 Å². The van der Waals surface area contributed by atoms with Crippen LogP contribution in [0, 0.1) is 21.7 Å². The Morgan fingerprint density at radius 1 is 1.17 bits per heavy atom. The first kappa shape index (κ1) is 22.4. The average molecular weight is 432 g/mol. The fourth-order valence-electron chi connectivity index (χ4n) is 2.20. The molecule has 0 aromatic heterocycles. The Labute approximate surface area is 165 Å². The van der Waals surface area contributed by atoms with Gasteiger partial charge in [-0.05, 0) is 12.1 Å². The lowest BCUT2D eigenvalue weighted by atomic mass is 10.1. The number of ether oxygens (including phenoxy) is 3. The zero-order valence-electron chi connectivity index (χ0n) is 15.0. The number of nitro benzene ring substituents is 1. The van der Waals surface area contributed by atoms with Gasteiger partial charge in [-0.25, -0.2) is 13.6 Å². The third kappa shape index (κ3) is 5.56. The lowest BCUT2D eigenvalue weighted by Crippen LogP contribution is -2.22. The van der Waals surface area contributed by atoms with Crippen molar-refractivity contribution in [2.24, 2.45) is 0 Å². The Morgan fingerprint density at radius 2 is 1.87 bits per heavy atom. The number of anilines is 1. The van der Waals surface area contributed by atoms with Crippen molar-refractivity contribution >= 4 is 23.3 Å². The lowest BCUT2D eigenvalue weighted by Gasteiger charge is -2.12. The molecule has 0 aliphatic heterocycles. The van der Waals surface area contributed by atoms with Crippen LogP contribution in [0.15, 0.2) is 30.3 Å². The molecule has 9 nitrogen and oxygen atoms in total. The monoisotopic (exact) mass is 432 g/mol. The number of esters is 1. The third-order valence-electron chi connectivity index (χ3n) is 3.45. The van der Waals surface area contributed by atoms with Crippen LogP contribution in [0.3, 0.4) is 0 Å². The van der Waals surface area contributed by atoms with Gasteiger partial charge in [0.1, 0.15) is 17.2 Å². The van der Waals surface area contributed by atoms with E-state index in [9.17, 15) is 37.3 Å². The third-order valence-corrected chi connectivity index (χ3v) is 3.45. The molecule has 2 aromatic carbocycles. The number of hydrogen-bond donors (Lipinski definition) is 1. The number of carbonyl (C=O) groups excluding carboxylic acids is 2. The molecule has 160 valence electrons. The van der Waals surface area contributed by atoms with E-state index in [2.05, 4.69) is 9.47 Å². The van der Waals surface area contributed by atoms with Crippen LogP contribution in [0.1, 0.15) is 10.4 Å². The number of carbonyl (C=O) groups is 2. The van der Waals surface area contributed by atoms with Crippen molar-refractivity contribution in [1.29, 1.82) is 0 Å². The van der Waals surface area contributed by atoms with E-state index in [0.717, 1.165) is 25.3 Å². The van der Waals surface area contributed by atoms with Gasteiger partial charge in [0.25, 0.3) is 11.6 Å². The Morgan fingerprint density at radius 3 is 2.43 bits per heavy atom. The summed E-state index contributed by atoms with van der Waals surface area (Å²) in [5.41, 5.74) is -2.04.